The lowest BCUT2D eigenvalue weighted by molar-refractivity contribution is 0.606. The lowest BCUT2D eigenvalue weighted by Crippen LogP contribution is -2.37. The van der Waals surface area contributed by atoms with Crippen molar-refractivity contribution in [1.82, 2.24) is 10.6 Å². The van der Waals surface area contributed by atoms with Crippen LogP contribution < -0.4 is 15.4 Å². The highest BCUT2D eigenvalue weighted by Crippen LogP contribution is 2.15. The maximum atomic E-state index is 11.4. The van der Waals surface area contributed by atoms with Gasteiger partial charge in [-0.05, 0) is 18.1 Å². The summed E-state index contributed by atoms with van der Waals surface area (Å²) in [5.74, 6) is 0.713. The lowest BCUT2D eigenvalue weighted by atomic mass is 10.2. The summed E-state index contributed by atoms with van der Waals surface area (Å²) in [5, 5.41) is 6.44. The highest BCUT2D eigenvalue weighted by Gasteiger charge is 2.07. The molecule has 1 rings (SSSR count). The van der Waals surface area contributed by atoms with Crippen molar-refractivity contribution in [2.45, 2.75) is 32.7 Å². The van der Waals surface area contributed by atoms with Gasteiger partial charge in [-0.1, -0.05) is 38.0 Å². The second-order valence-corrected chi connectivity index (χ2v) is 6.84. The fourth-order valence-electron chi connectivity index (χ4n) is 1.96. The zero-order valence-corrected chi connectivity index (χ0v) is 14.3. The van der Waals surface area contributed by atoms with E-state index in [-0.39, 0.29) is 0 Å². The van der Waals surface area contributed by atoms with E-state index < -0.39 is 10.0 Å². The number of unbranched alkanes of at least 4 members (excludes halogenated alkanes) is 2. The van der Waals surface area contributed by atoms with Gasteiger partial charge >= 0.3 is 0 Å². The minimum Gasteiger partial charge on any atom is -0.356 e. The van der Waals surface area contributed by atoms with Crippen LogP contribution in [0.3, 0.4) is 0 Å². The van der Waals surface area contributed by atoms with E-state index in [1.807, 2.05) is 12.1 Å². The summed E-state index contributed by atoms with van der Waals surface area (Å²) in [6.07, 6.45) is 4.61. The highest BCUT2D eigenvalue weighted by atomic mass is 32.2. The third-order valence-electron chi connectivity index (χ3n) is 3.06. The number of hydrogen-bond acceptors (Lipinski definition) is 3. The maximum absolute atomic E-state index is 11.4. The zero-order chi connectivity index (χ0) is 16.4. The Morgan fingerprint density at radius 1 is 1.18 bits per heavy atom. The Hall–Kier alpha value is -1.76. The highest BCUT2D eigenvalue weighted by molar-refractivity contribution is 7.92. The molecule has 1 aromatic rings. The van der Waals surface area contributed by atoms with Gasteiger partial charge in [0.15, 0.2) is 5.96 Å². The largest absolute Gasteiger partial charge is 0.356 e. The lowest BCUT2D eigenvalue weighted by Gasteiger charge is -2.14. The van der Waals surface area contributed by atoms with Gasteiger partial charge in [0.2, 0.25) is 10.0 Å². The zero-order valence-electron chi connectivity index (χ0n) is 13.5. The summed E-state index contributed by atoms with van der Waals surface area (Å²) in [6, 6.07) is 7.30. The molecule has 0 aliphatic heterocycles. The summed E-state index contributed by atoms with van der Waals surface area (Å²) >= 11 is 0. The van der Waals surface area contributed by atoms with E-state index in [0.717, 1.165) is 24.8 Å². The first-order valence-corrected chi connectivity index (χ1v) is 9.35. The number of guanidine groups is 1. The number of para-hydroxylation sites is 1. The molecule has 22 heavy (non-hydrogen) atoms. The predicted molar refractivity (Wildman–Crippen MR) is 92.6 cm³/mol. The first-order chi connectivity index (χ1) is 10.5. The van der Waals surface area contributed by atoms with Crippen molar-refractivity contribution in [3.63, 3.8) is 0 Å². The first-order valence-electron chi connectivity index (χ1n) is 7.46. The smallest absolute Gasteiger partial charge is 0.229 e. The van der Waals surface area contributed by atoms with Crippen LogP contribution in [-0.4, -0.2) is 34.2 Å². The molecule has 0 radical (unpaired) electrons. The Morgan fingerprint density at radius 2 is 1.91 bits per heavy atom. The number of hydrogen-bond donors (Lipinski definition) is 3. The molecule has 124 valence electrons. The molecule has 1 aromatic carbocycles. The average Bonchev–Trinajstić information content (AvgIpc) is 2.46. The molecule has 0 aromatic heterocycles. The van der Waals surface area contributed by atoms with Crippen LogP contribution in [0.1, 0.15) is 31.7 Å². The van der Waals surface area contributed by atoms with Crippen LogP contribution >= 0.6 is 0 Å². The number of anilines is 1. The molecule has 0 aliphatic rings. The van der Waals surface area contributed by atoms with Crippen LogP contribution in [0.5, 0.6) is 0 Å². The number of nitrogens with one attached hydrogen (secondary N) is 3. The molecule has 0 saturated carbocycles. The van der Waals surface area contributed by atoms with Crippen molar-refractivity contribution < 1.29 is 8.42 Å². The minimum absolute atomic E-state index is 0.492. The topological polar surface area (TPSA) is 82.6 Å². The third kappa shape index (κ3) is 7.31. The van der Waals surface area contributed by atoms with E-state index >= 15 is 0 Å². The van der Waals surface area contributed by atoms with Gasteiger partial charge in [-0.3, -0.25) is 9.71 Å². The molecule has 0 heterocycles. The fraction of sp³-hybridized carbons (Fsp3) is 0.533. The van der Waals surface area contributed by atoms with E-state index in [9.17, 15) is 8.42 Å². The summed E-state index contributed by atoms with van der Waals surface area (Å²) < 4.78 is 25.3. The van der Waals surface area contributed by atoms with Crippen LogP contribution in [0, 0.1) is 0 Å². The summed E-state index contributed by atoms with van der Waals surface area (Å²) in [4.78, 5) is 4.16. The van der Waals surface area contributed by atoms with Crippen LogP contribution in [0.15, 0.2) is 29.3 Å². The monoisotopic (exact) mass is 326 g/mol. The molecule has 0 spiro atoms. The maximum Gasteiger partial charge on any atom is 0.229 e. The molecule has 0 amide bonds. The quantitative estimate of drug-likeness (QED) is 0.387. The van der Waals surface area contributed by atoms with Crippen molar-refractivity contribution in [2.24, 2.45) is 4.99 Å². The van der Waals surface area contributed by atoms with E-state index in [1.165, 1.54) is 12.8 Å². The molecule has 7 heteroatoms. The minimum atomic E-state index is -3.29. The van der Waals surface area contributed by atoms with Crippen LogP contribution in [0.25, 0.3) is 0 Å². The predicted octanol–water partition coefficient (Wildman–Crippen LogP) is 1.91. The van der Waals surface area contributed by atoms with Crippen molar-refractivity contribution in [2.75, 3.05) is 24.6 Å². The number of benzene rings is 1. The van der Waals surface area contributed by atoms with Gasteiger partial charge in [-0.15, -0.1) is 0 Å². The molecule has 0 atom stereocenters. The van der Waals surface area contributed by atoms with Gasteiger partial charge in [0.05, 0.1) is 11.9 Å². The van der Waals surface area contributed by atoms with E-state index in [2.05, 4.69) is 27.3 Å². The molecule has 3 N–H and O–H groups in total. The van der Waals surface area contributed by atoms with Gasteiger partial charge in [0.25, 0.3) is 0 Å². The molecule has 0 fully saturated rings. The number of aliphatic imine (C=N–C) groups is 1. The van der Waals surface area contributed by atoms with Crippen LogP contribution in [-0.2, 0) is 16.6 Å². The molecular weight excluding hydrogens is 300 g/mol. The molecule has 0 aliphatic carbocycles. The van der Waals surface area contributed by atoms with Gasteiger partial charge in [0, 0.05) is 20.1 Å². The molecule has 0 bridgehead atoms. The molecule has 6 nitrogen and oxygen atoms in total. The van der Waals surface area contributed by atoms with E-state index in [1.54, 1.807) is 19.2 Å². The average molecular weight is 326 g/mol. The fourth-order valence-corrected chi connectivity index (χ4v) is 2.55. The number of rotatable bonds is 8. The Morgan fingerprint density at radius 3 is 2.55 bits per heavy atom. The standard InChI is InChI=1S/C15H26N4O2S/c1-4-5-8-11-17-15(16-2)18-12-13-9-6-7-10-14(13)19-22(3,20)21/h6-7,9-10,19H,4-5,8,11-12H2,1-3H3,(H2,16,17,18). The van der Waals surface area contributed by atoms with Gasteiger partial charge in [-0.25, -0.2) is 8.42 Å². The second kappa shape index (κ2) is 9.30. The van der Waals surface area contributed by atoms with Gasteiger partial charge < -0.3 is 10.6 Å². The Kier molecular flexibility index (Phi) is 7.73. The van der Waals surface area contributed by atoms with Crippen molar-refractivity contribution in [3.8, 4) is 0 Å². The number of nitrogens with zero attached hydrogens (tertiary/aromatic N) is 1. The van der Waals surface area contributed by atoms with Gasteiger partial charge in [-0.2, -0.15) is 0 Å². The second-order valence-electron chi connectivity index (χ2n) is 5.09. The van der Waals surface area contributed by atoms with Crippen LogP contribution in [0.4, 0.5) is 5.69 Å². The normalized spacial score (nSPS) is 12.0. The van der Waals surface area contributed by atoms with E-state index in [4.69, 9.17) is 0 Å². The molecule has 0 unspecified atom stereocenters. The SMILES string of the molecule is CCCCCNC(=NC)NCc1ccccc1NS(C)(=O)=O. The summed E-state index contributed by atoms with van der Waals surface area (Å²) in [6.45, 7) is 3.53. The van der Waals surface area contributed by atoms with Crippen molar-refractivity contribution in [1.29, 1.82) is 0 Å². The van der Waals surface area contributed by atoms with E-state index in [0.29, 0.717) is 18.2 Å². The molecule has 0 saturated heterocycles. The Labute approximate surface area is 133 Å². The van der Waals surface area contributed by atoms with Gasteiger partial charge in [0.1, 0.15) is 0 Å². The van der Waals surface area contributed by atoms with Crippen molar-refractivity contribution >= 4 is 21.7 Å². The third-order valence-corrected chi connectivity index (χ3v) is 3.65. The number of sulfonamides is 1. The Balaban J connectivity index is 2.59. The Bertz CT molecular complexity index is 585. The summed E-state index contributed by atoms with van der Waals surface area (Å²) in [7, 11) is -1.57. The first kappa shape index (κ1) is 18.3. The molecular formula is C15H26N4O2S. The van der Waals surface area contributed by atoms with Crippen LogP contribution in [0.2, 0.25) is 0 Å². The van der Waals surface area contributed by atoms with Crippen molar-refractivity contribution in [3.05, 3.63) is 29.8 Å². The summed E-state index contributed by atoms with van der Waals surface area (Å²) in [5.41, 5.74) is 1.45.